The van der Waals surface area contributed by atoms with Gasteiger partial charge in [0, 0.05) is 21.8 Å². The van der Waals surface area contributed by atoms with Gasteiger partial charge in [-0.25, -0.2) is 0 Å². The number of hydrogen-bond donors (Lipinski definition) is 2. The molecule has 116 valence electrons. The van der Waals surface area contributed by atoms with Crippen molar-refractivity contribution in [3.63, 3.8) is 0 Å². The van der Waals surface area contributed by atoms with Crippen LogP contribution in [0.5, 0.6) is 0 Å². The molecule has 1 aliphatic carbocycles. The fourth-order valence-corrected chi connectivity index (χ4v) is 4.89. The summed E-state index contributed by atoms with van der Waals surface area (Å²) >= 11 is 8.59. The van der Waals surface area contributed by atoms with Gasteiger partial charge in [-0.2, -0.15) is 0 Å². The van der Waals surface area contributed by atoms with Gasteiger partial charge in [0.25, 0.3) is 0 Å². The van der Waals surface area contributed by atoms with Gasteiger partial charge in [-0.3, -0.25) is 0 Å². The molecule has 0 bridgehead atoms. The summed E-state index contributed by atoms with van der Waals surface area (Å²) in [6.07, 6.45) is 3.68. The van der Waals surface area contributed by atoms with Crippen LogP contribution >= 0.6 is 28.1 Å². The third kappa shape index (κ3) is 4.43. The van der Waals surface area contributed by atoms with Gasteiger partial charge in [-0.15, -0.1) is 0 Å². The molecule has 2 nitrogen and oxygen atoms in total. The third-order valence-electron chi connectivity index (χ3n) is 4.16. The van der Waals surface area contributed by atoms with E-state index in [-0.39, 0.29) is 0 Å². The molecule has 21 heavy (non-hydrogen) atoms. The standard InChI is InChI=1S/C17H25BrN2S/c1-16(2)8-12(9-17(3,4)10-16)20-11-5-6-13(15(19)21)14(18)7-11/h5-7,12,20H,8-10H2,1-4H3,(H2,19,21). The maximum atomic E-state index is 5.70. The Kier molecular flexibility index (Phi) is 4.69. The molecule has 0 unspecified atom stereocenters. The highest BCUT2D eigenvalue weighted by molar-refractivity contribution is 9.10. The number of anilines is 1. The highest BCUT2D eigenvalue weighted by Crippen LogP contribution is 2.46. The van der Waals surface area contributed by atoms with Gasteiger partial charge in [0.1, 0.15) is 4.99 Å². The van der Waals surface area contributed by atoms with Crippen molar-refractivity contribution in [3.8, 4) is 0 Å². The summed E-state index contributed by atoms with van der Waals surface area (Å²) in [6, 6.07) is 6.62. The van der Waals surface area contributed by atoms with Crippen molar-refractivity contribution in [1.82, 2.24) is 0 Å². The van der Waals surface area contributed by atoms with Crippen molar-refractivity contribution in [2.45, 2.75) is 53.0 Å². The first-order valence-electron chi connectivity index (χ1n) is 7.44. The van der Waals surface area contributed by atoms with Gasteiger partial charge < -0.3 is 11.1 Å². The summed E-state index contributed by atoms with van der Waals surface area (Å²) in [5.74, 6) is 0. The molecule has 1 aromatic rings. The highest BCUT2D eigenvalue weighted by Gasteiger charge is 2.38. The smallest absolute Gasteiger partial charge is 0.105 e. The van der Waals surface area contributed by atoms with E-state index in [1.54, 1.807) is 0 Å². The zero-order valence-electron chi connectivity index (χ0n) is 13.3. The van der Waals surface area contributed by atoms with Crippen LogP contribution in [0.4, 0.5) is 5.69 Å². The minimum atomic E-state index is 0.384. The van der Waals surface area contributed by atoms with E-state index < -0.39 is 0 Å². The van der Waals surface area contributed by atoms with Gasteiger partial charge in [0.2, 0.25) is 0 Å². The maximum Gasteiger partial charge on any atom is 0.105 e. The summed E-state index contributed by atoms with van der Waals surface area (Å²) < 4.78 is 0.953. The van der Waals surface area contributed by atoms with Crippen LogP contribution in [-0.2, 0) is 0 Å². The van der Waals surface area contributed by atoms with Gasteiger partial charge in [-0.1, -0.05) is 39.9 Å². The van der Waals surface area contributed by atoms with Crippen LogP contribution in [0, 0.1) is 10.8 Å². The Morgan fingerprint density at radius 3 is 2.29 bits per heavy atom. The second-order valence-electron chi connectivity index (χ2n) is 7.81. The molecule has 0 aliphatic heterocycles. The summed E-state index contributed by atoms with van der Waals surface area (Å²) in [7, 11) is 0. The first kappa shape index (κ1) is 16.8. The molecule has 3 N–H and O–H groups in total. The fourth-order valence-electron chi connectivity index (χ4n) is 3.99. The van der Waals surface area contributed by atoms with Crippen molar-refractivity contribution < 1.29 is 0 Å². The van der Waals surface area contributed by atoms with E-state index in [0.29, 0.717) is 21.9 Å². The third-order valence-corrected chi connectivity index (χ3v) is 5.04. The minimum absolute atomic E-state index is 0.384. The molecular formula is C17H25BrN2S. The Balaban J connectivity index is 2.14. The average Bonchev–Trinajstić information content (AvgIpc) is 2.23. The van der Waals surface area contributed by atoms with Crippen molar-refractivity contribution in [2.75, 3.05) is 5.32 Å². The monoisotopic (exact) mass is 368 g/mol. The van der Waals surface area contributed by atoms with E-state index in [1.165, 1.54) is 19.3 Å². The van der Waals surface area contributed by atoms with Crippen molar-refractivity contribution in [2.24, 2.45) is 16.6 Å². The van der Waals surface area contributed by atoms with Crippen LogP contribution in [-0.4, -0.2) is 11.0 Å². The Labute approximate surface area is 142 Å². The number of benzene rings is 1. The quantitative estimate of drug-likeness (QED) is 0.728. The normalized spacial score (nSPS) is 21.0. The van der Waals surface area contributed by atoms with E-state index in [1.807, 2.05) is 6.07 Å². The van der Waals surface area contributed by atoms with Gasteiger partial charge in [0.05, 0.1) is 0 Å². The highest BCUT2D eigenvalue weighted by atomic mass is 79.9. The predicted octanol–water partition coefficient (Wildman–Crippen LogP) is 5.10. The SMILES string of the molecule is CC1(C)CC(Nc2ccc(C(N)=S)c(Br)c2)CC(C)(C)C1. The van der Waals surface area contributed by atoms with E-state index in [9.17, 15) is 0 Å². The lowest BCUT2D eigenvalue weighted by molar-refractivity contribution is 0.105. The maximum absolute atomic E-state index is 5.70. The fraction of sp³-hybridized carbons (Fsp3) is 0.588. The van der Waals surface area contributed by atoms with Gasteiger partial charge in [-0.05, 0) is 64.2 Å². The lowest BCUT2D eigenvalue weighted by Gasteiger charge is -2.45. The largest absolute Gasteiger partial charge is 0.389 e. The van der Waals surface area contributed by atoms with E-state index in [0.717, 1.165) is 15.7 Å². The number of nitrogens with two attached hydrogens (primary N) is 1. The second kappa shape index (κ2) is 5.88. The Morgan fingerprint density at radius 1 is 1.24 bits per heavy atom. The first-order valence-corrected chi connectivity index (χ1v) is 8.64. The van der Waals surface area contributed by atoms with Crippen molar-refractivity contribution >= 4 is 38.8 Å². The molecule has 0 aromatic heterocycles. The molecule has 0 saturated heterocycles. The van der Waals surface area contributed by atoms with E-state index in [4.69, 9.17) is 18.0 Å². The molecule has 1 fully saturated rings. The number of nitrogens with one attached hydrogen (secondary N) is 1. The number of halogens is 1. The number of thiocarbonyl (C=S) groups is 1. The lowest BCUT2D eigenvalue weighted by Crippen LogP contribution is -2.40. The molecule has 2 rings (SSSR count). The molecular weight excluding hydrogens is 344 g/mol. The molecule has 4 heteroatoms. The number of hydrogen-bond acceptors (Lipinski definition) is 2. The van der Waals surface area contributed by atoms with Crippen LogP contribution in [0.2, 0.25) is 0 Å². The minimum Gasteiger partial charge on any atom is -0.389 e. The zero-order chi connectivity index (χ0) is 15.8. The molecule has 1 aliphatic rings. The molecule has 0 amide bonds. The zero-order valence-corrected chi connectivity index (χ0v) is 15.7. The summed E-state index contributed by atoms with van der Waals surface area (Å²) in [5.41, 5.74) is 8.48. The number of rotatable bonds is 3. The van der Waals surface area contributed by atoms with E-state index >= 15 is 0 Å². The predicted molar refractivity (Wildman–Crippen MR) is 98.9 cm³/mol. The van der Waals surface area contributed by atoms with Gasteiger partial charge in [0.15, 0.2) is 0 Å². The Morgan fingerprint density at radius 2 is 1.81 bits per heavy atom. The lowest BCUT2D eigenvalue weighted by atomic mass is 9.63. The first-order chi connectivity index (χ1) is 9.58. The van der Waals surface area contributed by atoms with Crippen LogP contribution < -0.4 is 11.1 Å². The van der Waals surface area contributed by atoms with Crippen molar-refractivity contribution in [3.05, 3.63) is 28.2 Å². The Hall–Kier alpha value is -0.610. The van der Waals surface area contributed by atoms with Crippen molar-refractivity contribution in [1.29, 1.82) is 0 Å². The molecule has 0 spiro atoms. The molecule has 0 radical (unpaired) electrons. The summed E-state index contributed by atoms with van der Waals surface area (Å²) in [5, 5.41) is 3.68. The molecule has 0 heterocycles. The van der Waals surface area contributed by atoms with E-state index in [2.05, 4.69) is 61.1 Å². The van der Waals surface area contributed by atoms with Gasteiger partial charge >= 0.3 is 0 Å². The average molecular weight is 369 g/mol. The van der Waals surface area contributed by atoms with Crippen LogP contribution in [0.3, 0.4) is 0 Å². The topological polar surface area (TPSA) is 38.0 Å². The molecule has 0 atom stereocenters. The van der Waals surface area contributed by atoms with Crippen LogP contribution in [0.15, 0.2) is 22.7 Å². The molecule has 1 saturated carbocycles. The Bertz CT molecular complexity index is 536. The second-order valence-corrected chi connectivity index (χ2v) is 9.11. The summed E-state index contributed by atoms with van der Waals surface area (Å²) in [6.45, 7) is 9.48. The van der Waals surface area contributed by atoms with Crippen LogP contribution in [0.1, 0.15) is 52.5 Å². The molecule has 1 aromatic carbocycles. The summed E-state index contributed by atoms with van der Waals surface area (Å²) in [4.78, 5) is 0.424. The van der Waals surface area contributed by atoms with Crippen LogP contribution in [0.25, 0.3) is 0 Å².